The summed E-state index contributed by atoms with van der Waals surface area (Å²) in [4.78, 5) is 18.2. The van der Waals surface area contributed by atoms with Crippen LogP contribution in [0.1, 0.15) is 10.4 Å². The number of aromatic amines is 1. The van der Waals surface area contributed by atoms with Crippen molar-refractivity contribution >= 4 is 17.0 Å². The van der Waals surface area contributed by atoms with Gasteiger partial charge in [-0.2, -0.15) is 5.10 Å². The highest BCUT2D eigenvalue weighted by molar-refractivity contribution is 6.01. The minimum absolute atomic E-state index is 0.167. The maximum atomic E-state index is 13.4. The van der Waals surface area contributed by atoms with Crippen molar-refractivity contribution < 1.29 is 14.3 Å². The predicted molar refractivity (Wildman–Crippen MR) is 65.2 cm³/mol. The summed E-state index contributed by atoms with van der Waals surface area (Å²) in [5.41, 5.74) is 1.09. The smallest absolute Gasteiger partial charge is 0.338 e. The van der Waals surface area contributed by atoms with E-state index in [1.165, 1.54) is 6.07 Å². The number of carboxylic acid groups (broad SMARTS) is 1. The molecule has 96 valence electrons. The van der Waals surface area contributed by atoms with Gasteiger partial charge in [0.1, 0.15) is 17.0 Å². The third kappa shape index (κ3) is 1.75. The number of hydrogen-bond acceptors (Lipinski definition) is 3. The van der Waals surface area contributed by atoms with Gasteiger partial charge >= 0.3 is 5.97 Å². The van der Waals surface area contributed by atoms with Gasteiger partial charge in [0, 0.05) is 13.2 Å². The highest BCUT2D eigenvalue weighted by Gasteiger charge is 2.16. The van der Waals surface area contributed by atoms with Gasteiger partial charge in [-0.25, -0.2) is 14.2 Å². The molecule has 0 aliphatic rings. The quantitative estimate of drug-likeness (QED) is 0.735. The van der Waals surface area contributed by atoms with Crippen LogP contribution in [0.15, 0.2) is 24.4 Å². The SMILES string of the molecule is Cn1nccc1-c1nc2c(C(=O)O)cc(F)cc2[nH]1. The van der Waals surface area contributed by atoms with E-state index in [2.05, 4.69) is 15.1 Å². The first-order valence-corrected chi connectivity index (χ1v) is 5.47. The number of imidazole rings is 1. The summed E-state index contributed by atoms with van der Waals surface area (Å²) in [5, 5.41) is 13.1. The van der Waals surface area contributed by atoms with Gasteiger partial charge in [-0.1, -0.05) is 0 Å². The van der Waals surface area contributed by atoms with Crippen molar-refractivity contribution in [3.05, 3.63) is 35.8 Å². The fraction of sp³-hybridized carbons (Fsp3) is 0.0833. The second kappa shape index (κ2) is 3.91. The Morgan fingerprint density at radius 1 is 1.47 bits per heavy atom. The van der Waals surface area contributed by atoms with Crippen LogP contribution in [0.4, 0.5) is 4.39 Å². The van der Waals surface area contributed by atoms with Crippen LogP contribution >= 0.6 is 0 Å². The van der Waals surface area contributed by atoms with E-state index in [0.29, 0.717) is 17.0 Å². The normalized spacial score (nSPS) is 11.1. The molecule has 0 saturated carbocycles. The molecule has 0 atom stereocenters. The van der Waals surface area contributed by atoms with Gasteiger partial charge in [0.15, 0.2) is 5.82 Å². The first-order chi connectivity index (χ1) is 9.06. The number of rotatable bonds is 2. The molecular formula is C12H9FN4O2. The number of halogens is 1. The van der Waals surface area contributed by atoms with Gasteiger partial charge < -0.3 is 10.1 Å². The summed E-state index contributed by atoms with van der Waals surface area (Å²) in [6.07, 6.45) is 1.60. The number of aromatic carboxylic acids is 1. The van der Waals surface area contributed by atoms with E-state index in [-0.39, 0.29) is 11.1 Å². The molecule has 19 heavy (non-hydrogen) atoms. The maximum Gasteiger partial charge on any atom is 0.338 e. The summed E-state index contributed by atoms with van der Waals surface area (Å²) in [5.74, 6) is -1.39. The molecule has 1 aromatic carbocycles. The molecule has 0 aliphatic carbocycles. The molecule has 2 N–H and O–H groups in total. The van der Waals surface area contributed by atoms with Crippen LogP contribution in [0.25, 0.3) is 22.6 Å². The minimum atomic E-state index is -1.22. The Morgan fingerprint density at radius 3 is 2.89 bits per heavy atom. The standard InChI is InChI=1S/C12H9FN4O2/c1-17-9(2-3-14-17)11-15-8-5-6(13)4-7(12(18)19)10(8)16-11/h2-5H,1H3,(H,15,16)(H,18,19). The fourth-order valence-electron chi connectivity index (χ4n) is 1.97. The summed E-state index contributed by atoms with van der Waals surface area (Å²) in [6.45, 7) is 0. The van der Waals surface area contributed by atoms with Gasteiger partial charge in [-0.15, -0.1) is 0 Å². The van der Waals surface area contributed by atoms with Gasteiger partial charge in [0.25, 0.3) is 0 Å². The first kappa shape index (κ1) is 11.4. The lowest BCUT2D eigenvalue weighted by Crippen LogP contribution is -1.98. The van der Waals surface area contributed by atoms with Crippen LogP contribution in [-0.2, 0) is 7.05 Å². The molecule has 0 spiro atoms. The van der Waals surface area contributed by atoms with E-state index in [1.807, 2.05) is 0 Å². The second-order valence-corrected chi connectivity index (χ2v) is 4.08. The summed E-state index contributed by atoms with van der Waals surface area (Å²) in [6, 6.07) is 3.90. The largest absolute Gasteiger partial charge is 0.478 e. The Labute approximate surface area is 106 Å². The molecule has 7 heteroatoms. The zero-order valence-electron chi connectivity index (χ0n) is 9.88. The van der Waals surface area contributed by atoms with Crippen LogP contribution in [0.2, 0.25) is 0 Å². The van der Waals surface area contributed by atoms with Crippen LogP contribution in [0.3, 0.4) is 0 Å². The average Bonchev–Trinajstić information content (AvgIpc) is 2.93. The van der Waals surface area contributed by atoms with Gasteiger partial charge in [0.2, 0.25) is 0 Å². The Balaban J connectivity index is 2.29. The van der Waals surface area contributed by atoms with E-state index >= 15 is 0 Å². The van der Waals surface area contributed by atoms with Crippen molar-refractivity contribution in [2.24, 2.45) is 7.05 Å². The van der Waals surface area contributed by atoms with E-state index in [4.69, 9.17) is 5.11 Å². The minimum Gasteiger partial charge on any atom is -0.478 e. The molecule has 2 heterocycles. The summed E-state index contributed by atoms with van der Waals surface area (Å²) >= 11 is 0. The van der Waals surface area contributed by atoms with Crippen molar-refractivity contribution in [1.82, 2.24) is 19.7 Å². The summed E-state index contributed by atoms with van der Waals surface area (Å²) in [7, 11) is 1.74. The highest BCUT2D eigenvalue weighted by Crippen LogP contribution is 2.23. The first-order valence-electron chi connectivity index (χ1n) is 5.47. The van der Waals surface area contributed by atoms with Crippen molar-refractivity contribution in [3.8, 4) is 11.5 Å². The van der Waals surface area contributed by atoms with Gasteiger partial charge in [-0.3, -0.25) is 4.68 Å². The Hall–Kier alpha value is -2.70. The fourth-order valence-corrected chi connectivity index (χ4v) is 1.97. The molecular weight excluding hydrogens is 251 g/mol. The Morgan fingerprint density at radius 2 is 2.26 bits per heavy atom. The zero-order chi connectivity index (χ0) is 13.6. The number of benzene rings is 1. The highest BCUT2D eigenvalue weighted by atomic mass is 19.1. The monoisotopic (exact) mass is 260 g/mol. The topological polar surface area (TPSA) is 83.8 Å². The molecule has 3 aromatic rings. The maximum absolute atomic E-state index is 13.4. The number of hydrogen-bond donors (Lipinski definition) is 2. The number of H-pyrrole nitrogens is 1. The molecule has 0 saturated heterocycles. The number of aromatic nitrogens is 4. The van der Waals surface area contributed by atoms with Crippen molar-refractivity contribution in [1.29, 1.82) is 0 Å². The number of aryl methyl sites for hydroxylation is 1. The molecule has 0 aliphatic heterocycles. The van der Waals surface area contributed by atoms with E-state index in [0.717, 1.165) is 6.07 Å². The molecule has 6 nitrogen and oxygen atoms in total. The van der Waals surface area contributed by atoms with Gasteiger partial charge in [-0.05, 0) is 18.2 Å². The lowest BCUT2D eigenvalue weighted by atomic mass is 10.2. The average molecular weight is 260 g/mol. The molecule has 0 bridgehead atoms. The number of fused-ring (bicyclic) bond motifs is 1. The predicted octanol–water partition coefficient (Wildman–Crippen LogP) is 1.80. The van der Waals surface area contributed by atoms with Crippen LogP contribution < -0.4 is 0 Å². The van der Waals surface area contributed by atoms with Crippen molar-refractivity contribution in [2.75, 3.05) is 0 Å². The van der Waals surface area contributed by atoms with E-state index < -0.39 is 11.8 Å². The van der Waals surface area contributed by atoms with Crippen molar-refractivity contribution in [3.63, 3.8) is 0 Å². The zero-order valence-corrected chi connectivity index (χ0v) is 9.88. The van der Waals surface area contributed by atoms with E-state index in [1.54, 1.807) is 24.0 Å². The third-order valence-electron chi connectivity index (χ3n) is 2.85. The van der Waals surface area contributed by atoms with E-state index in [9.17, 15) is 9.18 Å². The molecule has 0 fully saturated rings. The third-order valence-corrected chi connectivity index (χ3v) is 2.85. The number of carboxylic acids is 1. The van der Waals surface area contributed by atoms with Crippen molar-refractivity contribution in [2.45, 2.75) is 0 Å². The molecule has 0 amide bonds. The number of carbonyl (C=O) groups is 1. The van der Waals surface area contributed by atoms with Crippen LogP contribution in [-0.4, -0.2) is 30.8 Å². The molecule has 3 rings (SSSR count). The number of nitrogens with one attached hydrogen (secondary N) is 1. The second-order valence-electron chi connectivity index (χ2n) is 4.08. The van der Waals surface area contributed by atoms with Crippen LogP contribution in [0.5, 0.6) is 0 Å². The molecule has 2 aromatic heterocycles. The Kier molecular flexibility index (Phi) is 2.34. The van der Waals surface area contributed by atoms with Crippen LogP contribution in [0, 0.1) is 5.82 Å². The molecule has 0 unspecified atom stereocenters. The lowest BCUT2D eigenvalue weighted by molar-refractivity contribution is 0.0698. The lowest BCUT2D eigenvalue weighted by Gasteiger charge is -1.95. The molecule has 0 radical (unpaired) electrons. The summed E-state index contributed by atoms with van der Waals surface area (Å²) < 4.78 is 15.0. The van der Waals surface area contributed by atoms with Gasteiger partial charge in [0.05, 0.1) is 11.1 Å². The Bertz CT molecular complexity index is 790. The number of nitrogens with zero attached hydrogens (tertiary/aromatic N) is 3.